The van der Waals surface area contributed by atoms with Crippen LogP contribution in [0.3, 0.4) is 0 Å². The normalized spacial score (nSPS) is 14.1. The Morgan fingerprint density at radius 2 is 1.71 bits per heavy atom. The van der Waals surface area contributed by atoms with Gasteiger partial charge < -0.3 is 10.5 Å². The van der Waals surface area contributed by atoms with E-state index in [1.54, 1.807) is 0 Å². The van der Waals surface area contributed by atoms with Crippen molar-refractivity contribution in [1.82, 2.24) is 5.06 Å². The van der Waals surface area contributed by atoms with Crippen molar-refractivity contribution in [3.63, 3.8) is 0 Å². The van der Waals surface area contributed by atoms with Gasteiger partial charge in [0.25, 0.3) is 0 Å². The molecule has 0 saturated heterocycles. The van der Waals surface area contributed by atoms with Crippen molar-refractivity contribution in [3.8, 4) is 0 Å². The number of hydroxylamine groups is 2. The van der Waals surface area contributed by atoms with Gasteiger partial charge in [-0.3, -0.25) is 19.8 Å². The maximum atomic E-state index is 13.2. The van der Waals surface area contributed by atoms with Crippen molar-refractivity contribution in [1.29, 1.82) is 5.41 Å². The lowest BCUT2D eigenvalue weighted by Gasteiger charge is -2.35. The lowest BCUT2D eigenvalue weighted by molar-refractivity contribution is -0.209. The first kappa shape index (κ1) is 37.7. The topological polar surface area (TPSA) is 106 Å². The average Bonchev–Trinajstić information content (AvgIpc) is 2.90. The molecule has 238 valence electrons. The Hall–Kier alpha value is -2.32. The summed E-state index contributed by atoms with van der Waals surface area (Å²) in [5.74, 6) is -0.184. The summed E-state index contributed by atoms with van der Waals surface area (Å²) in [4.78, 5) is 31.4. The zero-order valence-electron chi connectivity index (χ0n) is 27.4. The zero-order chi connectivity index (χ0) is 31.7. The number of nitrogens with two attached hydrogens (primary N) is 1. The van der Waals surface area contributed by atoms with Crippen LogP contribution in [0.4, 0.5) is 5.69 Å². The van der Waals surface area contributed by atoms with E-state index < -0.39 is 12.1 Å². The molecular formula is C34H57N3O4S. The van der Waals surface area contributed by atoms with E-state index in [2.05, 4.69) is 52.8 Å². The van der Waals surface area contributed by atoms with Crippen LogP contribution in [0, 0.1) is 22.7 Å². The first-order valence-corrected chi connectivity index (χ1v) is 16.5. The number of nitrogens with one attached hydrogen (secondary N) is 1. The molecule has 0 bridgehead atoms. The van der Waals surface area contributed by atoms with Gasteiger partial charge in [0.05, 0.1) is 12.6 Å². The number of esters is 1. The molecule has 0 fully saturated rings. The SMILES string of the molecule is CCCCCON(C(=O)CCCC)C(CC(OC(C)=O)C(=N)S/C=C/C(Cc1ccc(N)cc1)CC(C)(C)C)C(C)C. The molecule has 8 heteroatoms. The van der Waals surface area contributed by atoms with E-state index in [9.17, 15) is 9.59 Å². The van der Waals surface area contributed by atoms with Gasteiger partial charge in [0.1, 0.15) is 5.04 Å². The Bertz CT molecular complexity index is 972. The molecule has 0 aliphatic heterocycles. The van der Waals surface area contributed by atoms with Crippen molar-refractivity contribution in [2.45, 2.75) is 125 Å². The molecule has 3 unspecified atom stereocenters. The third-order valence-corrected chi connectivity index (χ3v) is 7.80. The highest BCUT2D eigenvalue weighted by Crippen LogP contribution is 2.30. The molecule has 3 atom stereocenters. The number of unbranched alkanes of at least 4 members (excludes halogenated alkanes) is 3. The van der Waals surface area contributed by atoms with Gasteiger partial charge >= 0.3 is 5.97 Å². The molecule has 1 aromatic rings. The number of rotatable bonds is 19. The largest absolute Gasteiger partial charge is 0.455 e. The van der Waals surface area contributed by atoms with Crippen molar-refractivity contribution in [2.75, 3.05) is 12.3 Å². The van der Waals surface area contributed by atoms with Crippen molar-refractivity contribution in [3.05, 3.63) is 41.3 Å². The van der Waals surface area contributed by atoms with Crippen LogP contribution in [0.2, 0.25) is 0 Å². The Morgan fingerprint density at radius 3 is 2.26 bits per heavy atom. The summed E-state index contributed by atoms with van der Waals surface area (Å²) < 4.78 is 5.67. The quantitative estimate of drug-likeness (QED) is 0.0410. The molecule has 7 nitrogen and oxygen atoms in total. The van der Waals surface area contributed by atoms with Crippen LogP contribution in [0.15, 0.2) is 35.7 Å². The number of amides is 1. The molecule has 0 aliphatic carbocycles. The van der Waals surface area contributed by atoms with Gasteiger partial charge in [0.15, 0.2) is 6.10 Å². The van der Waals surface area contributed by atoms with Gasteiger partial charge in [0.2, 0.25) is 5.91 Å². The molecule has 1 aromatic carbocycles. The molecule has 0 spiro atoms. The number of carbonyl (C=O) groups is 2. The fourth-order valence-electron chi connectivity index (χ4n) is 4.82. The van der Waals surface area contributed by atoms with Gasteiger partial charge in [-0.15, -0.1) is 0 Å². The molecule has 3 N–H and O–H groups in total. The number of nitrogens with zero attached hydrogens (tertiary/aromatic N) is 1. The maximum Gasteiger partial charge on any atom is 0.303 e. The first-order chi connectivity index (χ1) is 19.8. The lowest BCUT2D eigenvalue weighted by Crippen LogP contribution is -2.46. The zero-order valence-corrected chi connectivity index (χ0v) is 28.2. The minimum absolute atomic E-state index is 0.0456. The molecule has 1 rings (SSSR count). The summed E-state index contributed by atoms with van der Waals surface area (Å²) in [7, 11) is 0. The fourth-order valence-corrected chi connectivity index (χ4v) is 5.57. The van der Waals surface area contributed by atoms with E-state index in [0.717, 1.165) is 50.6 Å². The summed E-state index contributed by atoms with van der Waals surface area (Å²) in [6, 6.07) is 7.65. The molecule has 0 aliphatic rings. The van der Waals surface area contributed by atoms with Gasteiger partial charge in [-0.25, -0.2) is 5.06 Å². The summed E-state index contributed by atoms with van der Waals surface area (Å²) in [5.41, 5.74) is 7.97. The standard InChI is InChI=1S/C34H57N3O4S/c1-9-11-13-20-40-37(32(39)14-12-10-2)30(25(3)4)23-31(41-26(5)38)33(36)42-21-19-28(24-34(6,7)8)22-27-15-17-29(35)18-16-27/h15-19,21,25,28,30-31,36H,9-14,20,22-24,35H2,1-8H3/b21-19+,36-33?. The average molecular weight is 604 g/mol. The van der Waals surface area contributed by atoms with E-state index in [1.165, 1.54) is 29.3 Å². The predicted molar refractivity (Wildman–Crippen MR) is 177 cm³/mol. The maximum absolute atomic E-state index is 13.2. The number of benzene rings is 1. The van der Waals surface area contributed by atoms with Crippen LogP contribution in [-0.2, 0) is 25.6 Å². The van der Waals surface area contributed by atoms with Crippen molar-refractivity contribution in [2.24, 2.45) is 17.3 Å². The summed E-state index contributed by atoms with van der Waals surface area (Å²) >= 11 is 1.27. The van der Waals surface area contributed by atoms with Crippen LogP contribution in [0.1, 0.15) is 112 Å². The van der Waals surface area contributed by atoms with E-state index in [0.29, 0.717) is 19.4 Å². The smallest absolute Gasteiger partial charge is 0.303 e. The molecule has 0 radical (unpaired) electrons. The van der Waals surface area contributed by atoms with Crippen LogP contribution >= 0.6 is 11.8 Å². The van der Waals surface area contributed by atoms with Crippen LogP contribution in [0.25, 0.3) is 0 Å². The number of hydrogen-bond acceptors (Lipinski definition) is 7. The van der Waals surface area contributed by atoms with Gasteiger partial charge in [0, 0.05) is 25.5 Å². The van der Waals surface area contributed by atoms with Gasteiger partial charge in [-0.2, -0.15) is 0 Å². The second-order valence-electron chi connectivity index (χ2n) is 12.8. The van der Waals surface area contributed by atoms with Gasteiger partial charge in [-0.1, -0.05) is 97.7 Å². The number of hydrogen-bond donors (Lipinski definition) is 2. The van der Waals surface area contributed by atoms with Crippen molar-refractivity contribution >= 4 is 34.4 Å². The third kappa shape index (κ3) is 15.8. The Morgan fingerprint density at radius 1 is 1.07 bits per heavy atom. The molecule has 0 heterocycles. The highest BCUT2D eigenvalue weighted by Gasteiger charge is 2.33. The highest BCUT2D eigenvalue weighted by molar-refractivity contribution is 8.16. The summed E-state index contributed by atoms with van der Waals surface area (Å²) in [5, 5.41) is 12.6. The second kappa shape index (κ2) is 19.8. The Labute approximate surface area is 259 Å². The summed E-state index contributed by atoms with van der Waals surface area (Å²) in [6.45, 7) is 16.8. The number of ether oxygens (including phenoxy) is 1. The molecule has 1 amide bonds. The Balaban J connectivity index is 3.11. The number of nitrogen functional groups attached to an aromatic ring is 1. The first-order valence-electron chi connectivity index (χ1n) is 15.7. The Kier molecular flexibility index (Phi) is 17.8. The number of carbonyl (C=O) groups excluding carboxylic acids is 2. The van der Waals surface area contributed by atoms with Gasteiger partial charge in [-0.05, 0) is 66.0 Å². The monoisotopic (exact) mass is 603 g/mol. The number of thioether (sulfide) groups is 1. The van der Waals surface area contributed by atoms with E-state index in [4.69, 9.17) is 20.7 Å². The fraction of sp³-hybridized carbons (Fsp3) is 0.676. The van der Waals surface area contributed by atoms with Crippen LogP contribution < -0.4 is 5.73 Å². The molecule has 42 heavy (non-hydrogen) atoms. The molecule has 0 saturated carbocycles. The minimum atomic E-state index is -0.775. The minimum Gasteiger partial charge on any atom is -0.455 e. The molecule has 0 aromatic heterocycles. The predicted octanol–water partition coefficient (Wildman–Crippen LogP) is 8.57. The number of anilines is 1. The van der Waals surface area contributed by atoms with E-state index in [-0.39, 0.29) is 34.2 Å². The highest BCUT2D eigenvalue weighted by atomic mass is 32.2. The second-order valence-corrected chi connectivity index (χ2v) is 13.7. The third-order valence-electron chi connectivity index (χ3n) is 6.99. The van der Waals surface area contributed by atoms with Crippen LogP contribution in [0.5, 0.6) is 0 Å². The van der Waals surface area contributed by atoms with E-state index >= 15 is 0 Å². The summed E-state index contributed by atoms with van der Waals surface area (Å²) in [6.07, 6.45) is 8.61. The molecular weight excluding hydrogens is 546 g/mol. The van der Waals surface area contributed by atoms with Crippen LogP contribution in [-0.4, -0.2) is 40.7 Å². The lowest BCUT2D eigenvalue weighted by atomic mass is 9.82. The van der Waals surface area contributed by atoms with E-state index in [1.807, 2.05) is 31.4 Å². The number of allylic oxidation sites excluding steroid dienone is 1. The van der Waals surface area contributed by atoms with Crippen molar-refractivity contribution < 1.29 is 19.2 Å².